The number of aromatic nitrogens is 2. The Kier molecular flexibility index (Phi) is 2.70. The van der Waals surface area contributed by atoms with Crippen molar-refractivity contribution in [3.05, 3.63) is 47.0 Å². The van der Waals surface area contributed by atoms with Gasteiger partial charge in [0, 0.05) is 12.7 Å². The lowest BCUT2D eigenvalue weighted by Gasteiger charge is -2.02. The molecule has 0 bridgehead atoms. The zero-order valence-electron chi connectivity index (χ0n) is 7.82. The van der Waals surface area contributed by atoms with E-state index in [4.69, 9.17) is 17.3 Å². The van der Waals surface area contributed by atoms with E-state index in [0.717, 1.165) is 5.69 Å². The summed E-state index contributed by atoms with van der Waals surface area (Å²) in [5.74, 6) is -0.438. The van der Waals surface area contributed by atoms with Gasteiger partial charge in [-0.3, -0.25) is 0 Å². The monoisotopic (exact) mass is 225 g/mol. The van der Waals surface area contributed by atoms with Gasteiger partial charge in [0.1, 0.15) is 5.82 Å². The minimum Gasteiger partial charge on any atom is -0.325 e. The van der Waals surface area contributed by atoms with Crippen molar-refractivity contribution < 1.29 is 4.39 Å². The number of hydrogen-bond donors (Lipinski definition) is 1. The topological polar surface area (TPSA) is 43.8 Å². The molecule has 0 aliphatic rings. The van der Waals surface area contributed by atoms with Crippen molar-refractivity contribution in [3.8, 4) is 5.69 Å². The summed E-state index contributed by atoms with van der Waals surface area (Å²) in [7, 11) is 0. The van der Waals surface area contributed by atoms with E-state index in [1.165, 1.54) is 12.1 Å². The molecule has 15 heavy (non-hydrogen) atoms. The lowest BCUT2D eigenvalue weighted by molar-refractivity contribution is 0.627. The van der Waals surface area contributed by atoms with E-state index in [9.17, 15) is 4.39 Å². The van der Waals surface area contributed by atoms with Crippen LogP contribution in [0.25, 0.3) is 5.69 Å². The van der Waals surface area contributed by atoms with E-state index in [2.05, 4.69) is 5.10 Å². The van der Waals surface area contributed by atoms with E-state index < -0.39 is 5.82 Å². The third-order valence-corrected chi connectivity index (χ3v) is 2.31. The van der Waals surface area contributed by atoms with Gasteiger partial charge in [-0.2, -0.15) is 5.10 Å². The fraction of sp³-hybridized carbons (Fsp3) is 0.100. The van der Waals surface area contributed by atoms with Crippen molar-refractivity contribution in [1.29, 1.82) is 0 Å². The summed E-state index contributed by atoms with van der Waals surface area (Å²) in [6.07, 6.45) is 1.76. The first-order chi connectivity index (χ1) is 7.20. The molecule has 0 unspecified atom stereocenters. The molecule has 0 aliphatic heterocycles. The molecular formula is C10H9ClFN3. The number of benzene rings is 1. The number of nitrogens with two attached hydrogens (primary N) is 1. The van der Waals surface area contributed by atoms with Crippen LogP contribution in [0.5, 0.6) is 0 Å². The zero-order chi connectivity index (χ0) is 10.8. The Hall–Kier alpha value is -1.39. The van der Waals surface area contributed by atoms with Gasteiger partial charge in [-0.1, -0.05) is 11.6 Å². The molecule has 1 aromatic carbocycles. The predicted molar refractivity (Wildman–Crippen MR) is 56.4 cm³/mol. The molecule has 0 atom stereocenters. The van der Waals surface area contributed by atoms with Crippen LogP contribution in [0.15, 0.2) is 30.5 Å². The first-order valence-electron chi connectivity index (χ1n) is 4.41. The van der Waals surface area contributed by atoms with Crippen LogP contribution in [0, 0.1) is 5.82 Å². The summed E-state index contributed by atoms with van der Waals surface area (Å²) in [4.78, 5) is 0. The highest BCUT2D eigenvalue weighted by atomic mass is 35.5. The Bertz CT molecular complexity index is 481. The van der Waals surface area contributed by atoms with Crippen molar-refractivity contribution in [1.82, 2.24) is 9.78 Å². The van der Waals surface area contributed by atoms with Gasteiger partial charge in [0.25, 0.3) is 0 Å². The van der Waals surface area contributed by atoms with Gasteiger partial charge in [0.15, 0.2) is 0 Å². The molecule has 2 rings (SSSR count). The van der Waals surface area contributed by atoms with Crippen molar-refractivity contribution in [2.45, 2.75) is 6.54 Å². The van der Waals surface area contributed by atoms with E-state index in [-0.39, 0.29) is 5.02 Å². The molecule has 1 heterocycles. The van der Waals surface area contributed by atoms with Crippen molar-refractivity contribution in [2.75, 3.05) is 0 Å². The van der Waals surface area contributed by atoms with Crippen LogP contribution in [0.1, 0.15) is 5.69 Å². The molecule has 0 amide bonds. The average molecular weight is 226 g/mol. The van der Waals surface area contributed by atoms with Gasteiger partial charge in [0.2, 0.25) is 0 Å². The van der Waals surface area contributed by atoms with Crippen LogP contribution in [-0.2, 0) is 6.54 Å². The van der Waals surface area contributed by atoms with E-state index in [0.29, 0.717) is 12.2 Å². The Morgan fingerprint density at radius 3 is 2.80 bits per heavy atom. The first-order valence-corrected chi connectivity index (χ1v) is 4.78. The molecule has 0 aliphatic carbocycles. The molecule has 2 aromatic rings. The first kappa shape index (κ1) is 10.1. The second-order valence-corrected chi connectivity index (χ2v) is 3.46. The van der Waals surface area contributed by atoms with Gasteiger partial charge in [-0.05, 0) is 24.3 Å². The quantitative estimate of drug-likeness (QED) is 0.851. The summed E-state index contributed by atoms with van der Waals surface area (Å²) in [6, 6.07) is 6.23. The molecule has 0 spiro atoms. The summed E-state index contributed by atoms with van der Waals surface area (Å²) < 4.78 is 14.5. The highest BCUT2D eigenvalue weighted by Gasteiger charge is 2.03. The van der Waals surface area contributed by atoms with Crippen molar-refractivity contribution >= 4 is 11.6 Å². The number of hydrogen-bond acceptors (Lipinski definition) is 2. The van der Waals surface area contributed by atoms with Crippen LogP contribution in [-0.4, -0.2) is 9.78 Å². The van der Waals surface area contributed by atoms with E-state index >= 15 is 0 Å². The second-order valence-electron chi connectivity index (χ2n) is 3.05. The number of rotatable bonds is 2. The highest BCUT2D eigenvalue weighted by molar-refractivity contribution is 6.30. The van der Waals surface area contributed by atoms with Gasteiger partial charge in [0.05, 0.1) is 16.4 Å². The largest absolute Gasteiger partial charge is 0.325 e. The minimum absolute atomic E-state index is 0.0808. The molecule has 0 radical (unpaired) electrons. The van der Waals surface area contributed by atoms with Gasteiger partial charge < -0.3 is 5.73 Å². The van der Waals surface area contributed by atoms with Crippen LogP contribution in [0.3, 0.4) is 0 Å². The summed E-state index contributed by atoms with van der Waals surface area (Å²) in [5.41, 5.74) is 6.92. The summed E-state index contributed by atoms with van der Waals surface area (Å²) >= 11 is 5.66. The zero-order valence-corrected chi connectivity index (χ0v) is 8.58. The lowest BCUT2D eigenvalue weighted by atomic mass is 10.3. The third kappa shape index (κ3) is 2.00. The molecule has 3 nitrogen and oxygen atoms in total. The van der Waals surface area contributed by atoms with Crippen LogP contribution < -0.4 is 5.73 Å². The number of nitrogens with zero attached hydrogens (tertiary/aromatic N) is 2. The minimum atomic E-state index is -0.438. The number of halogens is 2. The average Bonchev–Trinajstić information content (AvgIpc) is 2.70. The molecular weight excluding hydrogens is 217 g/mol. The van der Waals surface area contributed by atoms with Crippen molar-refractivity contribution in [2.24, 2.45) is 5.73 Å². The second kappa shape index (κ2) is 4.00. The normalized spacial score (nSPS) is 10.6. The van der Waals surface area contributed by atoms with E-state index in [1.807, 2.05) is 0 Å². The molecule has 0 saturated heterocycles. The molecule has 0 fully saturated rings. The lowest BCUT2D eigenvalue weighted by Crippen LogP contribution is -2.00. The fourth-order valence-electron chi connectivity index (χ4n) is 1.24. The van der Waals surface area contributed by atoms with Gasteiger partial charge in [-0.25, -0.2) is 9.07 Å². The summed E-state index contributed by atoms with van der Waals surface area (Å²) in [5, 5.41) is 4.26. The highest BCUT2D eigenvalue weighted by Crippen LogP contribution is 2.18. The van der Waals surface area contributed by atoms with Crippen LogP contribution >= 0.6 is 11.6 Å². The Morgan fingerprint density at radius 1 is 1.40 bits per heavy atom. The van der Waals surface area contributed by atoms with Gasteiger partial charge in [-0.15, -0.1) is 0 Å². The predicted octanol–water partition coefficient (Wildman–Crippen LogP) is 2.12. The van der Waals surface area contributed by atoms with Gasteiger partial charge >= 0.3 is 0 Å². The fourth-order valence-corrected chi connectivity index (χ4v) is 1.42. The maximum absolute atomic E-state index is 12.9. The van der Waals surface area contributed by atoms with Crippen molar-refractivity contribution in [3.63, 3.8) is 0 Å². The molecule has 78 valence electrons. The molecule has 2 N–H and O–H groups in total. The molecule has 0 saturated carbocycles. The maximum atomic E-state index is 12.9. The van der Waals surface area contributed by atoms with Crippen LogP contribution in [0.2, 0.25) is 5.02 Å². The Morgan fingerprint density at radius 2 is 2.20 bits per heavy atom. The summed E-state index contributed by atoms with van der Waals surface area (Å²) in [6.45, 7) is 0.377. The standard InChI is InChI=1S/C10H9ClFN3/c11-9-5-8(1-2-10(9)12)15-4-3-7(6-13)14-15/h1-5H,6,13H2. The van der Waals surface area contributed by atoms with E-state index in [1.54, 1.807) is 23.0 Å². The Balaban J connectivity index is 2.40. The Labute approximate surface area is 91.3 Å². The molecule has 5 heteroatoms. The van der Waals surface area contributed by atoms with Crippen LogP contribution in [0.4, 0.5) is 4.39 Å². The SMILES string of the molecule is NCc1ccn(-c2ccc(F)c(Cl)c2)n1. The maximum Gasteiger partial charge on any atom is 0.141 e. The molecule has 1 aromatic heterocycles. The smallest absolute Gasteiger partial charge is 0.141 e. The third-order valence-electron chi connectivity index (χ3n) is 2.02.